The molecule has 2 aliphatic heterocycles. The lowest BCUT2D eigenvalue weighted by atomic mass is 9.27. The maximum Gasteiger partial charge on any atom is 0.160 e. The summed E-state index contributed by atoms with van der Waals surface area (Å²) in [6.45, 7) is -0.396. The smallest absolute Gasteiger partial charge is 0.160 e. The van der Waals surface area contributed by atoms with Crippen molar-refractivity contribution >= 4 is 27.4 Å². The number of aromatic hydroxyl groups is 3. The molecule has 1 saturated heterocycles. The van der Waals surface area contributed by atoms with Gasteiger partial charge in [0.2, 0.25) is 0 Å². The van der Waals surface area contributed by atoms with Crippen molar-refractivity contribution in [3.63, 3.8) is 0 Å². The van der Waals surface area contributed by atoms with Gasteiger partial charge in [-0.15, -0.1) is 5.92 Å². The molecule has 4 spiro atoms. The summed E-state index contributed by atoms with van der Waals surface area (Å²) in [4.78, 5) is 17.3. The molecule has 20 atom stereocenters. The van der Waals surface area contributed by atoms with Crippen LogP contribution < -0.4 is 10.1 Å². The minimum atomic E-state index is -1.28. The number of benzene rings is 4. The van der Waals surface area contributed by atoms with Crippen molar-refractivity contribution in [3.05, 3.63) is 151 Å². The van der Waals surface area contributed by atoms with Gasteiger partial charge in [-0.2, -0.15) is 0 Å². The molecule has 2 heterocycles. The summed E-state index contributed by atoms with van der Waals surface area (Å²) in [5.74, 6) is 13.3. The molecule has 8 N–H and O–H groups in total. The number of aliphatic hydroxyl groups excluding tert-OH is 4. The molecule has 5 fully saturated rings. The number of hydrogen-bond acceptors (Lipinski definition) is 12. The van der Waals surface area contributed by atoms with E-state index in [1.54, 1.807) is 12.1 Å². The number of fused-ring (bicyclic) bond motifs is 10. The van der Waals surface area contributed by atoms with Crippen LogP contribution in [0.25, 0.3) is 0 Å². The van der Waals surface area contributed by atoms with Crippen LogP contribution in [0.2, 0.25) is 0 Å². The van der Waals surface area contributed by atoms with Gasteiger partial charge in [0.1, 0.15) is 5.78 Å². The standard InChI is InChI=1S/C77H81NO9S2/c1-87-67-31-50(43(35-79)25-66(67)84)49-28-62(80)54-24-42-23-46-22-41-21-44-36-88-89-37-55-51-27-60(74(46)17-6-3-7-18-74)63(81)29-52(51)57-26-45-12-9-19-75(45)38-76(57)58(55)34-69-77(59-32-65(83)64(82)30-53(59)56(75)33-68(76)77)71(73(54)86)47(16-15-40(49)20-39-10-4-2-5-11-39)61(78-69)14-8-13-48(70(41)42)72(44)85/h2,4-5,10-11,22-23,25-27,30-32,40,44-45,47-49,52,54,56,58,61,63,68-69,71-73,78-79,81-86H,3,6-7,9,12,14,17-21,24,28-29,33-38H2,1H3/t40-,44-,45+,47-,48+,49+,52+,54-,56-,58-,61-,63+,68-,69-,71+,72-,73+,75-,76+,77+/m1/s1. The fourth-order valence-corrected chi connectivity index (χ4v) is 26.5. The van der Waals surface area contributed by atoms with Crippen molar-refractivity contribution in [1.82, 2.24) is 5.32 Å². The zero-order chi connectivity index (χ0) is 60.2. The molecular formula is C77H81NO9S2. The Balaban J connectivity index is 1.00. The topological polar surface area (TPSA) is 180 Å². The van der Waals surface area contributed by atoms with Crippen LogP contribution in [0.5, 0.6) is 23.0 Å². The second-order valence-electron chi connectivity index (χ2n) is 30.2. The first-order valence-electron chi connectivity index (χ1n) is 33.8. The third-order valence-electron chi connectivity index (χ3n) is 27.1. The summed E-state index contributed by atoms with van der Waals surface area (Å²) >= 11 is 0. The summed E-state index contributed by atoms with van der Waals surface area (Å²) in [6, 6.07) is 21.6. The average molecular weight is 1230 g/mol. The van der Waals surface area contributed by atoms with E-state index in [0.29, 0.717) is 42.7 Å². The Kier molecular flexibility index (Phi) is 12.9. The monoisotopic (exact) mass is 1230 g/mol. The molecule has 4 aromatic rings. The number of carbonyl (C=O) groups excluding carboxylic acids is 1. The minimum absolute atomic E-state index is 0.0183. The van der Waals surface area contributed by atoms with E-state index in [4.69, 9.17) is 4.74 Å². The highest BCUT2D eigenvalue weighted by atomic mass is 33.1. The Hall–Kier alpha value is -5.41. The fourth-order valence-electron chi connectivity index (χ4n) is 23.9. The van der Waals surface area contributed by atoms with Gasteiger partial charge in [-0.25, -0.2) is 0 Å². The molecule has 13 bridgehead atoms. The van der Waals surface area contributed by atoms with E-state index in [-0.39, 0.29) is 82.7 Å². The van der Waals surface area contributed by atoms with Gasteiger partial charge >= 0.3 is 0 Å². The van der Waals surface area contributed by atoms with E-state index in [1.807, 2.05) is 51.9 Å². The maximum atomic E-state index is 17.3. The summed E-state index contributed by atoms with van der Waals surface area (Å²) in [5, 5.41) is 93.6. The molecule has 0 radical (unpaired) electrons. The lowest BCUT2D eigenvalue weighted by Crippen LogP contribution is -2.79. The lowest BCUT2D eigenvalue weighted by molar-refractivity contribution is -0.187. The van der Waals surface area contributed by atoms with Crippen LogP contribution in [0.4, 0.5) is 0 Å². The number of Topliss-reactive ketones (excluding diaryl/α,β-unsaturated/α-hetero) is 1. The van der Waals surface area contributed by atoms with Gasteiger partial charge < -0.3 is 45.8 Å². The number of phenols is 3. The number of phenolic OH excluding ortho intramolecular Hbond substituents is 3. The molecule has 12 heteroatoms. The number of aliphatic hydroxyl groups is 4. The molecule has 4 aromatic carbocycles. The van der Waals surface area contributed by atoms with Gasteiger partial charge in [0.15, 0.2) is 23.0 Å². The summed E-state index contributed by atoms with van der Waals surface area (Å²) < 4.78 is 5.84. The molecule has 11 aliphatic carbocycles. The van der Waals surface area contributed by atoms with Crippen LogP contribution in [0, 0.1) is 87.8 Å². The van der Waals surface area contributed by atoms with E-state index in [2.05, 4.69) is 65.4 Å². The van der Waals surface area contributed by atoms with Crippen LogP contribution in [0.3, 0.4) is 0 Å². The van der Waals surface area contributed by atoms with Gasteiger partial charge in [0.05, 0.1) is 37.9 Å². The van der Waals surface area contributed by atoms with Crippen molar-refractivity contribution in [1.29, 1.82) is 0 Å². The Morgan fingerprint density at radius 2 is 1.61 bits per heavy atom. The second-order valence-corrected chi connectivity index (χ2v) is 32.7. The van der Waals surface area contributed by atoms with Crippen LogP contribution in [0.1, 0.15) is 158 Å². The van der Waals surface area contributed by atoms with Crippen molar-refractivity contribution in [2.75, 3.05) is 18.6 Å². The van der Waals surface area contributed by atoms with E-state index < -0.39 is 82.7 Å². The third kappa shape index (κ3) is 7.60. The first-order valence-corrected chi connectivity index (χ1v) is 36.3. The average Bonchev–Trinajstić information content (AvgIpc) is 1.35. The number of rotatable bonds is 5. The highest BCUT2D eigenvalue weighted by Gasteiger charge is 2.79. The van der Waals surface area contributed by atoms with E-state index in [9.17, 15) is 30.6 Å². The van der Waals surface area contributed by atoms with Crippen molar-refractivity contribution in [3.8, 4) is 46.7 Å². The van der Waals surface area contributed by atoms with E-state index in [0.717, 1.165) is 121 Å². The van der Waals surface area contributed by atoms with Gasteiger partial charge in [0.25, 0.3) is 0 Å². The molecule has 460 valence electrons. The van der Waals surface area contributed by atoms with Gasteiger partial charge in [0, 0.05) is 94.1 Å². The first-order chi connectivity index (χ1) is 43.3. The van der Waals surface area contributed by atoms with Gasteiger partial charge in [-0.3, -0.25) is 4.79 Å². The third-order valence-corrected chi connectivity index (χ3v) is 29.6. The zero-order valence-corrected chi connectivity index (χ0v) is 52.4. The van der Waals surface area contributed by atoms with Gasteiger partial charge in [-0.1, -0.05) is 131 Å². The van der Waals surface area contributed by atoms with Crippen LogP contribution in [-0.4, -0.2) is 90.5 Å². The van der Waals surface area contributed by atoms with E-state index in [1.165, 1.54) is 29.4 Å². The van der Waals surface area contributed by atoms with Gasteiger partial charge in [-0.05, 0) is 185 Å². The highest BCUT2D eigenvalue weighted by molar-refractivity contribution is 8.76. The Morgan fingerprint density at radius 3 is 2.43 bits per heavy atom. The molecule has 0 amide bonds. The number of methoxy groups -OCH3 is 1. The Morgan fingerprint density at radius 1 is 0.787 bits per heavy atom. The predicted octanol–water partition coefficient (Wildman–Crippen LogP) is 11.4. The number of ketones is 1. The molecule has 13 aliphatic rings. The maximum absolute atomic E-state index is 17.3. The number of ether oxygens (including phenoxy) is 1. The molecule has 10 nitrogen and oxygen atoms in total. The number of allylic oxidation sites excluding steroid dienone is 4. The highest BCUT2D eigenvalue weighted by Crippen LogP contribution is 2.83. The van der Waals surface area contributed by atoms with Crippen molar-refractivity contribution in [2.45, 2.75) is 175 Å². The lowest BCUT2D eigenvalue weighted by Gasteiger charge is -2.78. The summed E-state index contributed by atoms with van der Waals surface area (Å²) in [5.41, 5.74) is 12.1. The Labute approximate surface area is 530 Å². The largest absolute Gasteiger partial charge is 0.504 e. The summed E-state index contributed by atoms with van der Waals surface area (Å²) in [7, 11) is 5.37. The number of carbonyl (C=O) groups is 1. The Bertz CT molecular complexity index is 3940. The summed E-state index contributed by atoms with van der Waals surface area (Å²) in [6.07, 6.45) is 15.6. The molecular weight excluding hydrogens is 1150 g/mol. The van der Waals surface area contributed by atoms with Crippen LogP contribution in [0.15, 0.2) is 101 Å². The fraction of sp³-hybridized carbons (Fsp3) is 0.545. The zero-order valence-electron chi connectivity index (χ0n) is 50.7. The molecule has 4 saturated carbocycles. The van der Waals surface area contributed by atoms with Crippen molar-refractivity contribution in [2.24, 2.45) is 64.1 Å². The molecule has 0 aromatic heterocycles. The normalized spacial score (nSPS) is 40.8. The SMILES string of the molecule is COc1cc([C@H]2CC(=O)[C@H]3Cc4cc5cc6c4[C@@H]4C#CC[C@H]7N[C@@H]8C[C@@H]9C(=C%10C=C([C@@H](O)C[C@@H]%10C%10=C[C@@H]%11CCC[C@@]%11%12C[C@]%109[C@H]9C[C@@H]%12c%10cc(O)c(O)cc%10[C@]98[C@H]([C@H]3O)[C@@H]7C#C[C@@H]2Cc2ccccc2)C52CCCCC2)CSSC[C@@H](C6)[C@H]4O)c(CO)cc1O. The number of hydrogen-bond donors (Lipinski definition) is 8. The molecule has 0 unspecified atom stereocenters. The van der Waals surface area contributed by atoms with Crippen LogP contribution >= 0.6 is 21.6 Å². The predicted molar refractivity (Wildman–Crippen MR) is 344 cm³/mol. The minimum Gasteiger partial charge on any atom is -0.504 e. The van der Waals surface area contributed by atoms with Crippen LogP contribution in [-0.2, 0) is 41.5 Å². The molecule has 17 rings (SSSR count). The van der Waals surface area contributed by atoms with E-state index >= 15 is 9.90 Å². The number of piperidine rings is 1. The number of nitrogens with one attached hydrogen (secondary N) is 1. The quantitative estimate of drug-likeness (QED) is 0.0411. The molecule has 89 heavy (non-hydrogen) atoms. The first kappa shape index (κ1) is 56.4. The van der Waals surface area contributed by atoms with Crippen molar-refractivity contribution < 1.29 is 45.3 Å². The second kappa shape index (κ2) is 20.3.